The first-order valence-corrected chi connectivity index (χ1v) is 7.57. The Morgan fingerprint density at radius 2 is 1.12 bits per heavy atom. The first-order chi connectivity index (χ1) is 11.8. The number of rotatable bonds is 4. The predicted molar refractivity (Wildman–Crippen MR) is 92.5 cm³/mol. The van der Waals surface area contributed by atoms with E-state index in [1.807, 2.05) is 36.4 Å². The highest BCUT2D eigenvalue weighted by Gasteiger charge is 2.15. The highest BCUT2D eigenvalue weighted by atomic mass is 16.5. The summed E-state index contributed by atoms with van der Waals surface area (Å²) in [5.74, 6) is 3.05. The van der Waals surface area contributed by atoms with Gasteiger partial charge in [-0.3, -0.25) is 0 Å². The first-order valence-electron chi connectivity index (χ1n) is 7.57. The molecule has 2 heterocycles. The second-order valence-electron chi connectivity index (χ2n) is 5.41. The molecular formula is C20H16O4. The number of ether oxygens (including phenoxy) is 2. The molecule has 0 bridgehead atoms. The van der Waals surface area contributed by atoms with Crippen LogP contribution in [0.5, 0.6) is 11.5 Å². The zero-order valence-electron chi connectivity index (χ0n) is 13.4. The summed E-state index contributed by atoms with van der Waals surface area (Å²) in [4.78, 5) is 0. The minimum atomic E-state index is 0.755. The number of hydrogen-bond donors (Lipinski definition) is 0. The third-order valence-electron chi connectivity index (χ3n) is 4.05. The minimum Gasteiger partial charge on any atom is -0.496 e. The standard InChI is InChI=1S/C20H16O4/c1-21-19-11-14-12-20(22-2)16(18-6-4-8-24-18)10-13(14)9-15(19)17-5-3-7-23-17/h3-12H,1-2H3. The molecule has 0 saturated heterocycles. The van der Waals surface area contributed by atoms with Gasteiger partial charge < -0.3 is 18.3 Å². The van der Waals surface area contributed by atoms with Crippen LogP contribution in [0.3, 0.4) is 0 Å². The van der Waals surface area contributed by atoms with Crippen molar-refractivity contribution >= 4 is 10.8 Å². The molecule has 0 spiro atoms. The van der Waals surface area contributed by atoms with Gasteiger partial charge in [0.05, 0.1) is 37.9 Å². The van der Waals surface area contributed by atoms with Crippen LogP contribution in [-0.2, 0) is 0 Å². The fourth-order valence-corrected chi connectivity index (χ4v) is 2.89. The zero-order chi connectivity index (χ0) is 16.5. The van der Waals surface area contributed by atoms with Gasteiger partial charge in [0.1, 0.15) is 23.0 Å². The molecule has 4 aromatic rings. The van der Waals surface area contributed by atoms with E-state index in [1.165, 1.54) is 0 Å². The fourth-order valence-electron chi connectivity index (χ4n) is 2.89. The molecule has 120 valence electrons. The fraction of sp³-hybridized carbons (Fsp3) is 0.100. The Morgan fingerprint density at radius 3 is 1.50 bits per heavy atom. The molecule has 0 fully saturated rings. The summed E-state index contributed by atoms with van der Waals surface area (Å²) in [5.41, 5.74) is 1.82. The smallest absolute Gasteiger partial charge is 0.137 e. The average Bonchev–Trinajstić information content (AvgIpc) is 3.32. The van der Waals surface area contributed by atoms with E-state index in [1.54, 1.807) is 26.7 Å². The van der Waals surface area contributed by atoms with E-state index in [2.05, 4.69) is 12.1 Å². The van der Waals surface area contributed by atoms with Crippen LogP contribution >= 0.6 is 0 Å². The van der Waals surface area contributed by atoms with Crippen LogP contribution in [0.25, 0.3) is 33.4 Å². The summed E-state index contributed by atoms with van der Waals surface area (Å²) < 4.78 is 22.1. The van der Waals surface area contributed by atoms with Gasteiger partial charge in [-0.15, -0.1) is 0 Å². The van der Waals surface area contributed by atoms with Crippen LogP contribution in [0.2, 0.25) is 0 Å². The highest BCUT2D eigenvalue weighted by molar-refractivity contribution is 5.94. The van der Waals surface area contributed by atoms with E-state index >= 15 is 0 Å². The van der Waals surface area contributed by atoms with Crippen molar-refractivity contribution in [2.75, 3.05) is 14.2 Å². The molecule has 2 aromatic heterocycles. The number of hydrogen-bond acceptors (Lipinski definition) is 4. The number of furan rings is 2. The Balaban J connectivity index is 1.98. The molecule has 0 atom stereocenters. The lowest BCUT2D eigenvalue weighted by molar-refractivity contribution is 0.414. The van der Waals surface area contributed by atoms with Crippen LogP contribution in [-0.4, -0.2) is 14.2 Å². The monoisotopic (exact) mass is 320 g/mol. The topological polar surface area (TPSA) is 44.7 Å². The van der Waals surface area contributed by atoms with Gasteiger partial charge in [0, 0.05) is 0 Å². The van der Waals surface area contributed by atoms with E-state index in [0.29, 0.717) is 0 Å². The molecule has 4 nitrogen and oxygen atoms in total. The molecule has 4 heteroatoms. The van der Waals surface area contributed by atoms with Crippen LogP contribution in [0.4, 0.5) is 0 Å². The number of methoxy groups -OCH3 is 2. The van der Waals surface area contributed by atoms with E-state index < -0.39 is 0 Å². The van der Waals surface area contributed by atoms with Crippen molar-refractivity contribution in [1.82, 2.24) is 0 Å². The number of benzene rings is 2. The van der Waals surface area contributed by atoms with Gasteiger partial charge in [0.15, 0.2) is 0 Å². The summed E-state index contributed by atoms with van der Waals surface area (Å²) in [7, 11) is 3.31. The van der Waals surface area contributed by atoms with Gasteiger partial charge >= 0.3 is 0 Å². The Morgan fingerprint density at radius 1 is 0.667 bits per heavy atom. The van der Waals surface area contributed by atoms with Crippen molar-refractivity contribution in [3.63, 3.8) is 0 Å². The van der Waals surface area contributed by atoms with Crippen molar-refractivity contribution in [2.24, 2.45) is 0 Å². The lowest BCUT2D eigenvalue weighted by Gasteiger charge is -2.12. The van der Waals surface area contributed by atoms with Crippen molar-refractivity contribution < 1.29 is 18.3 Å². The van der Waals surface area contributed by atoms with Gasteiger partial charge in [-0.05, 0) is 59.3 Å². The summed E-state index contributed by atoms with van der Waals surface area (Å²) in [6.45, 7) is 0. The molecule has 0 aliphatic carbocycles. The molecule has 0 amide bonds. The van der Waals surface area contributed by atoms with Gasteiger partial charge in [-0.25, -0.2) is 0 Å². The SMILES string of the molecule is COc1cc2cc(OC)c(-c3ccco3)cc2cc1-c1ccco1. The number of fused-ring (bicyclic) bond motifs is 1. The molecular weight excluding hydrogens is 304 g/mol. The maximum absolute atomic E-state index is 5.54. The molecule has 0 radical (unpaired) electrons. The molecule has 0 aliphatic rings. The second kappa shape index (κ2) is 5.81. The molecule has 24 heavy (non-hydrogen) atoms. The summed E-state index contributed by atoms with van der Waals surface area (Å²) >= 11 is 0. The molecule has 0 unspecified atom stereocenters. The van der Waals surface area contributed by atoms with Gasteiger partial charge in [0.2, 0.25) is 0 Å². The molecule has 0 N–H and O–H groups in total. The third-order valence-corrected chi connectivity index (χ3v) is 4.05. The quantitative estimate of drug-likeness (QED) is 0.506. The summed E-state index contributed by atoms with van der Waals surface area (Å²) in [6.07, 6.45) is 3.31. The van der Waals surface area contributed by atoms with Crippen LogP contribution in [0, 0.1) is 0 Å². The third kappa shape index (κ3) is 2.33. The lowest BCUT2D eigenvalue weighted by Crippen LogP contribution is -1.91. The molecule has 4 rings (SSSR count). The molecule has 0 aliphatic heterocycles. The van der Waals surface area contributed by atoms with Gasteiger partial charge in [-0.2, -0.15) is 0 Å². The normalized spacial score (nSPS) is 10.9. The van der Waals surface area contributed by atoms with E-state index in [4.69, 9.17) is 18.3 Å². The van der Waals surface area contributed by atoms with E-state index in [-0.39, 0.29) is 0 Å². The highest BCUT2D eigenvalue weighted by Crippen LogP contribution is 2.39. The average molecular weight is 320 g/mol. The summed E-state index contributed by atoms with van der Waals surface area (Å²) in [6, 6.07) is 15.6. The van der Waals surface area contributed by atoms with Crippen molar-refractivity contribution in [1.29, 1.82) is 0 Å². The Bertz CT molecular complexity index is 890. The summed E-state index contributed by atoms with van der Waals surface area (Å²) in [5, 5.41) is 2.07. The van der Waals surface area contributed by atoms with Gasteiger partial charge in [-0.1, -0.05) is 0 Å². The van der Waals surface area contributed by atoms with E-state index in [9.17, 15) is 0 Å². The van der Waals surface area contributed by atoms with Crippen LogP contribution in [0.1, 0.15) is 0 Å². The predicted octanol–water partition coefficient (Wildman–Crippen LogP) is 5.38. The van der Waals surface area contributed by atoms with Crippen LogP contribution in [0.15, 0.2) is 69.9 Å². The van der Waals surface area contributed by atoms with Crippen molar-refractivity contribution in [2.45, 2.75) is 0 Å². The van der Waals surface area contributed by atoms with Gasteiger partial charge in [0.25, 0.3) is 0 Å². The maximum Gasteiger partial charge on any atom is 0.137 e. The Kier molecular flexibility index (Phi) is 3.50. The minimum absolute atomic E-state index is 0.755. The lowest BCUT2D eigenvalue weighted by atomic mass is 10.0. The first kappa shape index (κ1) is 14.5. The van der Waals surface area contributed by atoms with Crippen molar-refractivity contribution in [3.05, 3.63) is 61.1 Å². The maximum atomic E-state index is 5.54. The molecule has 0 saturated carbocycles. The largest absolute Gasteiger partial charge is 0.496 e. The Labute approximate surface area is 139 Å². The zero-order valence-corrected chi connectivity index (χ0v) is 13.4. The van der Waals surface area contributed by atoms with Crippen molar-refractivity contribution in [3.8, 4) is 34.1 Å². The second-order valence-corrected chi connectivity index (χ2v) is 5.41. The van der Waals surface area contributed by atoms with E-state index in [0.717, 1.165) is 44.9 Å². The molecule has 2 aromatic carbocycles. The van der Waals surface area contributed by atoms with Crippen LogP contribution < -0.4 is 9.47 Å². The Hall–Kier alpha value is -3.14.